The van der Waals surface area contributed by atoms with E-state index in [1.807, 2.05) is 6.08 Å². The minimum Gasteiger partial charge on any atom is -0.0985 e. The van der Waals surface area contributed by atoms with Crippen molar-refractivity contribution in [3.63, 3.8) is 0 Å². The van der Waals surface area contributed by atoms with Gasteiger partial charge in [-0.2, -0.15) is 0 Å². The van der Waals surface area contributed by atoms with Crippen LogP contribution in [-0.4, -0.2) is 0 Å². The third-order valence-corrected chi connectivity index (χ3v) is 7.11. The van der Waals surface area contributed by atoms with Gasteiger partial charge in [0, 0.05) is 0 Å². The summed E-state index contributed by atoms with van der Waals surface area (Å²) in [7, 11) is 0. The van der Waals surface area contributed by atoms with Crippen molar-refractivity contribution in [1.29, 1.82) is 0 Å². The van der Waals surface area contributed by atoms with Gasteiger partial charge in [-0.25, -0.2) is 0 Å². The molecule has 37 heavy (non-hydrogen) atoms. The SMILES string of the molecule is C=C/C(=C\C)c1ccc(-c2c3ccccc3c(-c3cccc(C(/C=C\C)=C/C)c3)c3ccccc23)cc1. The molecule has 0 amide bonds. The summed E-state index contributed by atoms with van der Waals surface area (Å²) < 4.78 is 0. The maximum atomic E-state index is 3.97. The zero-order chi connectivity index (χ0) is 25.8. The van der Waals surface area contributed by atoms with E-state index in [2.05, 4.69) is 149 Å². The van der Waals surface area contributed by atoms with Gasteiger partial charge in [0.2, 0.25) is 0 Å². The number of hydrogen-bond acceptors (Lipinski definition) is 0. The Hall–Kier alpha value is -4.42. The molecule has 0 spiro atoms. The average molecular weight is 477 g/mol. The lowest BCUT2D eigenvalue weighted by Gasteiger charge is -2.18. The van der Waals surface area contributed by atoms with Crippen LogP contribution in [0.2, 0.25) is 0 Å². The zero-order valence-corrected chi connectivity index (χ0v) is 21.8. The van der Waals surface area contributed by atoms with Crippen LogP contribution in [0.5, 0.6) is 0 Å². The summed E-state index contributed by atoms with van der Waals surface area (Å²) in [5.41, 5.74) is 9.81. The van der Waals surface area contributed by atoms with Crippen LogP contribution >= 0.6 is 0 Å². The second-order valence-electron chi connectivity index (χ2n) is 9.19. The van der Waals surface area contributed by atoms with E-state index >= 15 is 0 Å². The highest BCUT2D eigenvalue weighted by atomic mass is 14.2. The number of hydrogen-bond donors (Lipinski definition) is 0. The van der Waals surface area contributed by atoms with Gasteiger partial charge in [0.05, 0.1) is 0 Å². The molecular formula is C37H32. The van der Waals surface area contributed by atoms with Crippen LogP contribution in [0.4, 0.5) is 0 Å². The smallest absolute Gasteiger partial charge is 0.00262 e. The fraction of sp³-hybridized carbons (Fsp3) is 0.0811. The molecule has 0 aromatic heterocycles. The summed E-state index contributed by atoms with van der Waals surface area (Å²) in [5.74, 6) is 0. The van der Waals surface area contributed by atoms with Gasteiger partial charge >= 0.3 is 0 Å². The lowest BCUT2D eigenvalue weighted by Crippen LogP contribution is -1.92. The highest BCUT2D eigenvalue weighted by molar-refractivity contribution is 6.21. The van der Waals surface area contributed by atoms with E-state index in [4.69, 9.17) is 0 Å². The quantitative estimate of drug-likeness (QED) is 0.169. The molecule has 0 unspecified atom stereocenters. The Morgan fingerprint density at radius 3 is 1.57 bits per heavy atom. The average Bonchev–Trinajstić information content (AvgIpc) is 2.95. The molecule has 0 aliphatic heterocycles. The van der Waals surface area contributed by atoms with Crippen molar-refractivity contribution in [2.24, 2.45) is 0 Å². The number of rotatable bonds is 6. The van der Waals surface area contributed by atoms with E-state index in [1.165, 1.54) is 60.5 Å². The largest absolute Gasteiger partial charge is 0.0985 e. The first kappa shape index (κ1) is 24.3. The summed E-state index contributed by atoms with van der Waals surface area (Å²) in [6.07, 6.45) is 10.5. The Balaban J connectivity index is 1.81. The predicted molar refractivity (Wildman–Crippen MR) is 165 cm³/mol. The van der Waals surface area contributed by atoms with Gasteiger partial charge in [0.1, 0.15) is 0 Å². The number of fused-ring (bicyclic) bond motifs is 2. The summed E-state index contributed by atoms with van der Waals surface area (Å²) in [5, 5.41) is 5.07. The normalized spacial score (nSPS) is 12.5. The van der Waals surface area contributed by atoms with Crippen LogP contribution in [0.15, 0.2) is 134 Å². The molecule has 5 aromatic rings. The van der Waals surface area contributed by atoms with Crippen molar-refractivity contribution < 1.29 is 0 Å². The Morgan fingerprint density at radius 2 is 1.08 bits per heavy atom. The lowest BCUT2D eigenvalue weighted by molar-refractivity contribution is 1.57. The van der Waals surface area contributed by atoms with Crippen molar-refractivity contribution in [2.45, 2.75) is 20.8 Å². The molecule has 0 aliphatic carbocycles. The molecule has 0 nitrogen and oxygen atoms in total. The highest BCUT2D eigenvalue weighted by Gasteiger charge is 2.16. The van der Waals surface area contributed by atoms with Crippen molar-refractivity contribution in [3.8, 4) is 22.3 Å². The van der Waals surface area contributed by atoms with Crippen molar-refractivity contribution >= 4 is 32.7 Å². The molecule has 0 bridgehead atoms. The van der Waals surface area contributed by atoms with Crippen LogP contribution < -0.4 is 0 Å². The minimum absolute atomic E-state index is 1.15. The summed E-state index contributed by atoms with van der Waals surface area (Å²) >= 11 is 0. The molecule has 0 fully saturated rings. The Bertz CT molecular complexity index is 1630. The number of allylic oxidation sites excluding steroid dienone is 7. The highest BCUT2D eigenvalue weighted by Crippen LogP contribution is 2.44. The van der Waals surface area contributed by atoms with Gasteiger partial charge < -0.3 is 0 Å². The first-order valence-electron chi connectivity index (χ1n) is 12.9. The first-order valence-corrected chi connectivity index (χ1v) is 12.9. The molecule has 0 aliphatic rings. The van der Waals surface area contributed by atoms with E-state index in [1.54, 1.807) is 0 Å². The molecule has 0 atom stereocenters. The fourth-order valence-electron chi connectivity index (χ4n) is 5.38. The third-order valence-electron chi connectivity index (χ3n) is 7.11. The maximum Gasteiger partial charge on any atom is -0.00262 e. The second-order valence-corrected chi connectivity index (χ2v) is 9.19. The molecule has 0 heteroatoms. The molecule has 0 N–H and O–H groups in total. The number of benzene rings is 5. The van der Waals surface area contributed by atoms with Crippen molar-refractivity contribution in [1.82, 2.24) is 0 Å². The fourth-order valence-corrected chi connectivity index (χ4v) is 5.38. The predicted octanol–water partition coefficient (Wildman–Crippen LogP) is 10.9. The van der Waals surface area contributed by atoms with Crippen LogP contribution in [0.25, 0.3) is 54.9 Å². The summed E-state index contributed by atoms with van der Waals surface area (Å²) in [6.45, 7) is 10.2. The van der Waals surface area contributed by atoms with Gasteiger partial charge in [-0.05, 0) is 92.9 Å². The van der Waals surface area contributed by atoms with Gasteiger partial charge in [-0.15, -0.1) is 0 Å². The summed E-state index contributed by atoms with van der Waals surface area (Å²) in [6, 6.07) is 35.5. The lowest BCUT2D eigenvalue weighted by atomic mass is 9.85. The van der Waals surface area contributed by atoms with Crippen LogP contribution in [0.1, 0.15) is 31.9 Å². The molecule has 0 saturated carbocycles. The molecular weight excluding hydrogens is 444 g/mol. The molecule has 0 saturated heterocycles. The Labute approximate surface area is 220 Å². The van der Waals surface area contributed by atoms with E-state index in [9.17, 15) is 0 Å². The molecule has 5 aromatic carbocycles. The monoisotopic (exact) mass is 476 g/mol. The maximum absolute atomic E-state index is 3.97. The van der Waals surface area contributed by atoms with Crippen molar-refractivity contribution in [2.75, 3.05) is 0 Å². The Kier molecular flexibility index (Phi) is 7.01. The first-order chi connectivity index (χ1) is 18.2. The van der Waals surface area contributed by atoms with E-state index in [0.29, 0.717) is 0 Å². The van der Waals surface area contributed by atoms with Gasteiger partial charge in [-0.3, -0.25) is 0 Å². The topological polar surface area (TPSA) is 0 Å². The van der Waals surface area contributed by atoms with Crippen LogP contribution in [-0.2, 0) is 0 Å². The van der Waals surface area contributed by atoms with Gasteiger partial charge in [0.15, 0.2) is 0 Å². The standard InChI is InChI=1S/C37H32/c1-5-14-27(8-4)30-15-13-16-31(25-30)37-34-19-11-9-17-32(34)36(33-18-10-12-20-35(33)37)29-23-21-28(22-24-29)26(6-2)7-3/h5-25H,2H2,1,3-4H3/b14-5-,26-7+,27-8+. The second kappa shape index (κ2) is 10.7. The van der Waals surface area contributed by atoms with Gasteiger partial charge in [-0.1, -0.05) is 128 Å². The zero-order valence-electron chi connectivity index (χ0n) is 21.8. The van der Waals surface area contributed by atoms with Crippen LogP contribution in [0, 0.1) is 0 Å². The third kappa shape index (κ3) is 4.47. The molecule has 0 radical (unpaired) electrons. The van der Waals surface area contributed by atoms with Gasteiger partial charge in [0.25, 0.3) is 0 Å². The molecule has 180 valence electrons. The minimum atomic E-state index is 1.15. The summed E-state index contributed by atoms with van der Waals surface area (Å²) in [4.78, 5) is 0. The van der Waals surface area contributed by atoms with E-state index in [0.717, 1.165) is 5.57 Å². The molecule has 5 rings (SSSR count). The van der Waals surface area contributed by atoms with E-state index in [-0.39, 0.29) is 0 Å². The Morgan fingerprint density at radius 1 is 0.541 bits per heavy atom. The molecule has 0 heterocycles. The van der Waals surface area contributed by atoms with E-state index < -0.39 is 0 Å². The van der Waals surface area contributed by atoms with Crippen molar-refractivity contribution in [3.05, 3.63) is 145 Å². The van der Waals surface area contributed by atoms with Crippen LogP contribution in [0.3, 0.4) is 0 Å².